The molecule has 452 valence electrons. The summed E-state index contributed by atoms with van der Waals surface area (Å²) in [6, 6.07) is 24.1. The van der Waals surface area contributed by atoms with E-state index in [1.165, 1.54) is 21.3 Å². The zero-order chi connectivity index (χ0) is 60.2. The molecule has 4 saturated heterocycles. The molecule has 0 bridgehead atoms. The number of carbonyl (C=O) groups is 2. The van der Waals surface area contributed by atoms with Gasteiger partial charge in [-0.25, -0.2) is 18.4 Å². The highest BCUT2D eigenvalue weighted by Crippen LogP contribution is 2.36. The first-order valence-electron chi connectivity index (χ1n) is 28.1. The van der Waals surface area contributed by atoms with Gasteiger partial charge in [0.25, 0.3) is 10.2 Å². The van der Waals surface area contributed by atoms with Crippen LogP contribution in [-0.2, 0) is 25.0 Å². The number of H-pyrrole nitrogens is 4. The van der Waals surface area contributed by atoms with Gasteiger partial charge in [-0.15, -0.1) is 0 Å². The number of rotatable bonds is 8. The van der Waals surface area contributed by atoms with Crippen LogP contribution in [0.3, 0.4) is 0 Å². The van der Waals surface area contributed by atoms with Crippen molar-refractivity contribution in [1.82, 2.24) is 43.2 Å². The third kappa shape index (κ3) is 14.4. The zero-order valence-corrected chi connectivity index (χ0v) is 52.7. The quantitative estimate of drug-likeness (QED) is 0.0969. The maximum Gasteiger partial charge on any atom is 0.319 e. The Bertz CT molecular complexity index is 3840. The van der Waals surface area contributed by atoms with Gasteiger partial charge in [-0.1, -0.05) is 60.3 Å². The molecule has 3 amide bonds. The third-order valence-corrected chi connectivity index (χ3v) is 19.3. The fourth-order valence-corrected chi connectivity index (χ4v) is 14.5. The Hall–Kier alpha value is -6.08. The van der Waals surface area contributed by atoms with E-state index in [9.17, 15) is 26.4 Å². The van der Waals surface area contributed by atoms with E-state index < -0.39 is 20.2 Å². The first kappa shape index (κ1) is 62.5. The molecule has 84 heavy (non-hydrogen) atoms. The number of halogens is 4. The van der Waals surface area contributed by atoms with Gasteiger partial charge in [0.2, 0.25) is 15.9 Å². The summed E-state index contributed by atoms with van der Waals surface area (Å²) in [5.41, 5.74) is 8.44. The van der Waals surface area contributed by atoms with Crippen molar-refractivity contribution in [3.63, 3.8) is 0 Å². The number of benzene rings is 4. The maximum atomic E-state index is 12.0. The lowest BCUT2D eigenvalue weighted by Crippen LogP contribution is -2.54. The second kappa shape index (κ2) is 26.7. The average molecular weight is 1270 g/mol. The number of piperazine rings is 4. The highest BCUT2D eigenvalue weighted by Gasteiger charge is 2.33. The number of amides is 3. The Kier molecular flexibility index (Phi) is 19.8. The van der Waals surface area contributed by atoms with Crippen LogP contribution in [-0.4, -0.2) is 196 Å². The van der Waals surface area contributed by atoms with Crippen molar-refractivity contribution in [2.45, 2.75) is 45.7 Å². The lowest BCUT2D eigenvalue weighted by Gasteiger charge is -2.42. The van der Waals surface area contributed by atoms with E-state index in [0.29, 0.717) is 55.9 Å². The number of anilines is 4. The number of aromatic nitrogens is 4. The predicted octanol–water partition coefficient (Wildman–Crippen LogP) is 9.72. The number of aromatic amines is 4. The molecule has 8 aromatic rings. The number of nitrogens with zero attached hydrogens (tertiary/aromatic N) is 9. The molecular formula is C58H74Cl4N14O6S2. The second-order valence-corrected chi connectivity index (χ2v) is 26.9. The van der Waals surface area contributed by atoms with E-state index in [0.717, 1.165) is 124 Å². The van der Waals surface area contributed by atoms with Crippen molar-refractivity contribution >= 4 is 145 Å². The number of nitrogens with one attached hydrogen (secondary N) is 4. The predicted molar refractivity (Wildman–Crippen MR) is 345 cm³/mol. The van der Waals surface area contributed by atoms with Crippen LogP contribution >= 0.6 is 46.4 Å². The van der Waals surface area contributed by atoms with Crippen LogP contribution in [0, 0.1) is 0 Å². The van der Waals surface area contributed by atoms with Crippen LogP contribution < -0.4 is 24.7 Å². The van der Waals surface area contributed by atoms with Crippen LogP contribution in [0.2, 0.25) is 20.1 Å². The summed E-state index contributed by atoms with van der Waals surface area (Å²) < 4.78 is 49.3. The topological polar surface area (TPSA) is 221 Å². The molecule has 0 spiro atoms. The standard InChI is InChI=1S/C16H20ClN3O.C15H19ClN4O.C15H20ClN3O2S.C12H15ClN4O2S/c1-3-13-10-19(6-7-20(13)11(2)21)16-9-12(17)8-15-14(16)4-5-18-15;1-18(2)15(21)20-7-5-19(6-8-20)14-10-11(16)9-13-12(14)3-4-17-13;1-3-12-10-18(6-7-19(12)22(2,20)21)15-9-11(16)8-14-13(15)4-5-17-14;13-9-7-11-10(1-2-15-11)12(8-9)16-3-5-17(6-4-16)20(14,18)19/h4-5,8-9,13,18H,3,6-7,10H2,1-2H3;3-4,9-10,17H,5-8H2,1-2H3;4-5,8-9,12,17H,3,6-7,10H2,1-2H3;1-2,7-8,15H,3-6H2,(H2,14,18,19). The number of urea groups is 1. The van der Waals surface area contributed by atoms with Gasteiger partial charge in [-0.05, 0) is 85.6 Å². The fourth-order valence-electron chi connectivity index (χ4n) is 11.8. The van der Waals surface area contributed by atoms with E-state index >= 15 is 0 Å². The molecule has 0 aliphatic carbocycles. The minimum absolute atomic E-state index is 0.00303. The Labute approximate surface area is 511 Å². The van der Waals surface area contributed by atoms with Crippen LogP contribution in [0.25, 0.3) is 43.6 Å². The summed E-state index contributed by atoms with van der Waals surface area (Å²) in [5, 5.41) is 12.5. The van der Waals surface area contributed by atoms with Gasteiger partial charge in [0.1, 0.15) is 0 Å². The highest BCUT2D eigenvalue weighted by atomic mass is 35.5. The molecule has 12 rings (SSSR count). The molecule has 4 fully saturated rings. The van der Waals surface area contributed by atoms with Gasteiger partial charge >= 0.3 is 6.03 Å². The Balaban J connectivity index is 0.000000134. The number of carbonyl (C=O) groups excluding carboxylic acids is 2. The molecule has 0 radical (unpaired) electrons. The van der Waals surface area contributed by atoms with Gasteiger partial charge in [-0.3, -0.25) is 4.79 Å². The molecule has 0 saturated carbocycles. The molecule has 6 N–H and O–H groups in total. The molecule has 4 aromatic carbocycles. The maximum absolute atomic E-state index is 12.0. The van der Waals surface area contributed by atoms with Crippen molar-refractivity contribution in [1.29, 1.82) is 0 Å². The van der Waals surface area contributed by atoms with E-state index in [4.69, 9.17) is 51.5 Å². The lowest BCUT2D eigenvalue weighted by molar-refractivity contribution is -0.131. The summed E-state index contributed by atoms with van der Waals surface area (Å²) in [5.74, 6) is 0.166. The first-order chi connectivity index (χ1) is 40.0. The Morgan fingerprint density at radius 3 is 1.21 bits per heavy atom. The van der Waals surface area contributed by atoms with E-state index in [1.807, 2.05) is 102 Å². The smallest absolute Gasteiger partial charge is 0.319 e. The molecule has 4 aromatic heterocycles. The number of hydrogen-bond donors (Lipinski definition) is 5. The second-order valence-electron chi connectivity index (χ2n) is 21.6. The van der Waals surface area contributed by atoms with Gasteiger partial charge in [0.15, 0.2) is 0 Å². The number of fused-ring (bicyclic) bond motifs is 4. The summed E-state index contributed by atoms with van der Waals surface area (Å²) >= 11 is 24.8. The van der Waals surface area contributed by atoms with Crippen molar-refractivity contribution < 1.29 is 26.4 Å². The molecule has 4 aliphatic rings. The summed E-state index contributed by atoms with van der Waals surface area (Å²) in [6.45, 7) is 15.2. The largest absolute Gasteiger partial charge is 0.368 e. The zero-order valence-electron chi connectivity index (χ0n) is 48.1. The van der Waals surface area contributed by atoms with Crippen molar-refractivity contribution in [2.75, 3.05) is 132 Å². The minimum Gasteiger partial charge on any atom is -0.368 e. The van der Waals surface area contributed by atoms with E-state index in [-0.39, 0.29) is 24.0 Å². The number of hydrogen-bond acceptors (Lipinski definition) is 10. The SMILES string of the molecule is CCC1CN(c2cc(Cl)cc3[nH]ccc23)CCN1C(C)=O.CCC1CN(c2cc(Cl)cc3[nH]ccc23)CCN1S(C)(=O)=O.CN(C)C(=O)N1CCN(c2cc(Cl)cc3[nH]ccc23)CC1.NS(=O)(=O)N1CCN(c2cc(Cl)cc3[nH]ccc23)CC1. The first-order valence-corrected chi connectivity index (χ1v) is 32.9. The van der Waals surface area contributed by atoms with Crippen LogP contribution in [0.5, 0.6) is 0 Å². The molecule has 8 heterocycles. The van der Waals surface area contributed by atoms with Gasteiger partial charge in [0, 0.05) is 236 Å². The summed E-state index contributed by atoms with van der Waals surface area (Å²) in [7, 11) is -3.18. The third-order valence-electron chi connectivity index (χ3n) is 16.0. The number of nitrogens with two attached hydrogens (primary N) is 1. The monoisotopic (exact) mass is 1270 g/mol. The fraction of sp³-hybridized carbons (Fsp3) is 0.414. The summed E-state index contributed by atoms with van der Waals surface area (Å²) in [6.07, 6.45) is 10.7. The average Bonchev–Trinajstić information content (AvgIpc) is 4.16. The van der Waals surface area contributed by atoms with Crippen molar-refractivity contribution in [2.24, 2.45) is 5.14 Å². The van der Waals surface area contributed by atoms with E-state index in [1.54, 1.807) is 30.2 Å². The molecular weight excluding hydrogens is 1190 g/mol. The molecule has 26 heteroatoms. The van der Waals surface area contributed by atoms with Gasteiger partial charge in [0.05, 0.1) is 6.26 Å². The normalized spacial score (nSPS) is 18.4. The highest BCUT2D eigenvalue weighted by molar-refractivity contribution is 7.88. The van der Waals surface area contributed by atoms with Crippen LogP contribution in [0.1, 0.15) is 33.6 Å². The van der Waals surface area contributed by atoms with Gasteiger partial charge < -0.3 is 54.2 Å². The summed E-state index contributed by atoms with van der Waals surface area (Å²) in [4.78, 5) is 50.9. The number of sulfonamides is 1. The van der Waals surface area contributed by atoms with Crippen molar-refractivity contribution in [3.05, 3.63) is 118 Å². The van der Waals surface area contributed by atoms with E-state index in [2.05, 4.69) is 58.6 Å². The van der Waals surface area contributed by atoms with Crippen LogP contribution in [0.15, 0.2) is 97.6 Å². The Morgan fingerprint density at radius 1 is 0.524 bits per heavy atom. The van der Waals surface area contributed by atoms with Gasteiger partial charge in [-0.2, -0.15) is 17.0 Å². The van der Waals surface area contributed by atoms with Crippen molar-refractivity contribution in [3.8, 4) is 0 Å². The molecule has 4 aliphatic heterocycles. The molecule has 2 unspecified atom stereocenters. The Morgan fingerprint density at radius 2 is 0.869 bits per heavy atom. The molecule has 2 atom stereocenters. The van der Waals surface area contributed by atoms with Crippen LogP contribution in [0.4, 0.5) is 27.5 Å². The minimum atomic E-state index is -3.60. The lowest BCUT2D eigenvalue weighted by atomic mass is 10.1. The molecule has 20 nitrogen and oxygen atoms in total.